The number of amides is 1. The number of piperidine rings is 1. The van der Waals surface area contributed by atoms with E-state index in [2.05, 4.69) is 5.32 Å². The van der Waals surface area contributed by atoms with Gasteiger partial charge < -0.3 is 10.4 Å². The second-order valence-corrected chi connectivity index (χ2v) is 9.51. The van der Waals surface area contributed by atoms with Gasteiger partial charge in [0.2, 0.25) is 15.9 Å². The molecule has 148 valence electrons. The van der Waals surface area contributed by atoms with E-state index in [9.17, 15) is 23.1 Å². The molecule has 2 fully saturated rings. The lowest BCUT2D eigenvalue weighted by Crippen LogP contribution is -2.47. The first-order valence-corrected chi connectivity index (χ1v) is 10.8. The van der Waals surface area contributed by atoms with Gasteiger partial charge in [-0.15, -0.1) is 0 Å². The molecular weight excluding hydrogens is 368 g/mol. The Kier molecular flexibility index (Phi) is 5.86. The van der Waals surface area contributed by atoms with Crippen LogP contribution in [0.4, 0.5) is 0 Å². The summed E-state index contributed by atoms with van der Waals surface area (Å²) in [4.78, 5) is 24.0. The third-order valence-corrected chi connectivity index (χ3v) is 7.28. The lowest BCUT2D eigenvalue weighted by molar-refractivity contribution is -0.143. The van der Waals surface area contributed by atoms with Gasteiger partial charge in [-0.1, -0.05) is 30.5 Å². The van der Waals surface area contributed by atoms with Crippen LogP contribution in [0, 0.1) is 18.8 Å². The molecular formula is C19H26N2O5S. The number of carbonyl (C=O) groups excluding carboxylic acids is 1. The molecule has 1 heterocycles. The highest BCUT2D eigenvalue weighted by atomic mass is 32.2. The number of hydrogen-bond acceptors (Lipinski definition) is 4. The van der Waals surface area contributed by atoms with Crippen molar-refractivity contribution in [2.24, 2.45) is 11.8 Å². The summed E-state index contributed by atoms with van der Waals surface area (Å²) in [6.07, 6.45) is 3.31. The molecule has 3 rings (SSSR count). The first-order chi connectivity index (χ1) is 12.8. The lowest BCUT2D eigenvalue weighted by atomic mass is 9.96. The third kappa shape index (κ3) is 4.87. The van der Waals surface area contributed by atoms with Gasteiger partial charge in [-0.3, -0.25) is 4.79 Å². The summed E-state index contributed by atoms with van der Waals surface area (Å²) in [6, 6.07) is 5.87. The van der Waals surface area contributed by atoms with E-state index < -0.39 is 22.0 Å². The normalized spacial score (nSPS) is 20.2. The summed E-state index contributed by atoms with van der Waals surface area (Å²) >= 11 is 0. The Balaban J connectivity index is 1.56. The van der Waals surface area contributed by atoms with Crippen LogP contribution in [0.1, 0.15) is 37.7 Å². The first kappa shape index (κ1) is 19.8. The Hall–Kier alpha value is -1.93. The summed E-state index contributed by atoms with van der Waals surface area (Å²) in [7, 11) is -3.56. The van der Waals surface area contributed by atoms with Crippen LogP contribution in [0.15, 0.2) is 29.2 Å². The molecule has 2 aliphatic rings. The summed E-state index contributed by atoms with van der Waals surface area (Å²) < 4.78 is 26.8. The molecule has 2 N–H and O–H groups in total. The maximum Gasteiger partial charge on any atom is 0.326 e. The van der Waals surface area contributed by atoms with Crippen LogP contribution in [0.5, 0.6) is 0 Å². The van der Waals surface area contributed by atoms with Crippen molar-refractivity contribution in [3.63, 3.8) is 0 Å². The lowest BCUT2D eigenvalue weighted by Gasteiger charge is -2.31. The first-order valence-electron chi connectivity index (χ1n) is 9.37. The van der Waals surface area contributed by atoms with E-state index in [0.29, 0.717) is 25.2 Å². The van der Waals surface area contributed by atoms with Crippen molar-refractivity contribution in [3.05, 3.63) is 29.8 Å². The average Bonchev–Trinajstić information content (AvgIpc) is 3.45. The molecule has 7 nitrogen and oxygen atoms in total. The molecule has 8 heteroatoms. The highest BCUT2D eigenvalue weighted by Crippen LogP contribution is 2.33. The van der Waals surface area contributed by atoms with Gasteiger partial charge in [-0.2, -0.15) is 4.31 Å². The minimum absolute atomic E-state index is 0.256. The summed E-state index contributed by atoms with van der Waals surface area (Å²) in [6.45, 7) is 2.41. The maximum atomic E-state index is 12.7. The molecule has 0 spiro atoms. The molecule has 0 radical (unpaired) electrons. The summed E-state index contributed by atoms with van der Waals surface area (Å²) in [5.41, 5.74) is 0.989. The van der Waals surface area contributed by atoms with E-state index >= 15 is 0 Å². The molecule has 1 aromatic rings. The zero-order chi connectivity index (χ0) is 19.6. The van der Waals surface area contributed by atoms with Crippen LogP contribution in [0.25, 0.3) is 0 Å². The van der Waals surface area contributed by atoms with Gasteiger partial charge in [0.1, 0.15) is 6.04 Å². The fraction of sp³-hybridized carbons (Fsp3) is 0.579. The maximum absolute atomic E-state index is 12.7. The van der Waals surface area contributed by atoms with Gasteiger partial charge in [0, 0.05) is 19.0 Å². The predicted octanol–water partition coefficient (Wildman–Crippen LogP) is 1.77. The van der Waals surface area contributed by atoms with Crippen molar-refractivity contribution in [1.82, 2.24) is 9.62 Å². The standard InChI is InChI=1S/C19H26N2O5S/c1-13-2-6-16(7-3-13)27(25,26)21-10-8-15(9-11-21)18(22)20-17(19(23)24)12-14-4-5-14/h2-3,6-7,14-15,17H,4-5,8-12H2,1H3,(H,20,22)(H,23,24). The minimum Gasteiger partial charge on any atom is -0.480 e. The number of benzene rings is 1. The Labute approximate surface area is 159 Å². The number of hydrogen-bond donors (Lipinski definition) is 2. The molecule has 1 saturated heterocycles. The zero-order valence-electron chi connectivity index (χ0n) is 15.4. The third-order valence-electron chi connectivity index (χ3n) is 5.36. The van der Waals surface area contributed by atoms with Crippen LogP contribution in [-0.4, -0.2) is 48.8 Å². The van der Waals surface area contributed by atoms with Crippen LogP contribution >= 0.6 is 0 Å². The molecule has 1 aliphatic carbocycles. The second kappa shape index (κ2) is 7.98. The van der Waals surface area contributed by atoms with Crippen LogP contribution in [0.3, 0.4) is 0 Å². The fourth-order valence-electron chi connectivity index (χ4n) is 3.42. The smallest absolute Gasteiger partial charge is 0.326 e. The Morgan fingerprint density at radius 1 is 1.15 bits per heavy atom. The van der Waals surface area contributed by atoms with Gasteiger partial charge in [-0.05, 0) is 44.2 Å². The van der Waals surface area contributed by atoms with Crippen LogP contribution in [0.2, 0.25) is 0 Å². The van der Waals surface area contributed by atoms with E-state index in [1.54, 1.807) is 24.3 Å². The van der Waals surface area contributed by atoms with E-state index in [1.807, 2.05) is 6.92 Å². The molecule has 0 aromatic heterocycles. The van der Waals surface area contributed by atoms with Gasteiger partial charge in [0.15, 0.2) is 0 Å². The SMILES string of the molecule is Cc1ccc(S(=O)(=O)N2CCC(C(=O)NC(CC3CC3)C(=O)O)CC2)cc1. The fourth-order valence-corrected chi connectivity index (χ4v) is 4.89. The number of sulfonamides is 1. The van der Waals surface area contributed by atoms with E-state index in [-0.39, 0.29) is 29.8 Å². The number of rotatable bonds is 7. The Bertz CT molecular complexity index is 794. The quantitative estimate of drug-likeness (QED) is 0.733. The molecule has 1 atom stereocenters. The summed E-state index contributed by atoms with van der Waals surface area (Å²) in [5, 5.41) is 11.9. The van der Waals surface area contributed by atoms with E-state index in [4.69, 9.17) is 0 Å². The van der Waals surface area contributed by atoms with Crippen molar-refractivity contribution in [2.45, 2.75) is 50.0 Å². The van der Waals surface area contributed by atoms with Crippen molar-refractivity contribution in [3.8, 4) is 0 Å². The number of carbonyl (C=O) groups is 2. The average molecular weight is 394 g/mol. The number of nitrogens with zero attached hydrogens (tertiary/aromatic N) is 1. The zero-order valence-corrected chi connectivity index (χ0v) is 16.2. The number of carboxylic acid groups (broad SMARTS) is 1. The van der Waals surface area contributed by atoms with Crippen molar-refractivity contribution in [2.75, 3.05) is 13.1 Å². The molecule has 1 aromatic carbocycles. The van der Waals surface area contributed by atoms with Crippen molar-refractivity contribution in [1.29, 1.82) is 0 Å². The number of nitrogens with one attached hydrogen (secondary N) is 1. The topological polar surface area (TPSA) is 104 Å². The summed E-state index contributed by atoms with van der Waals surface area (Å²) in [5.74, 6) is -1.24. The highest BCUT2D eigenvalue weighted by molar-refractivity contribution is 7.89. The van der Waals surface area contributed by atoms with Gasteiger partial charge >= 0.3 is 5.97 Å². The van der Waals surface area contributed by atoms with E-state index in [1.165, 1.54) is 4.31 Å². The van der Waals surface area contributed by atoms with Gasteiger partial charge in [0.05, 0.1) is 4.90 Å². The molecule has 1 unspecified atom stereocenters. The Morgan fingerprint density at radius 3 is 2.26 bits per heavy atom. The molecule has 1 saturated carbocycles. The van der Waals surface area contributed by atoms with Crippen molar-refractivity contribution >= 4 is 21.9 Å². The van der Waals surface area contributed by atoms with Crippen LogP contribution < -0.4 is 5.32 Å². The largest absolute Gasteiger partial charge is 0.480 e. The molecule has 0 bridgehead atoms. The highest BCUT2D eigenvalue weighted by Gasteiger charge is 2.35. The van der Waals surface area contributed by atoms with Crippen molar-refractivity contribution < 1.29 is 23.1 Å². The number of aryl methyl sites for hydroxylation is 1. The van der Waals surface area contributed by atoms with Gasteiger partial charge in [-0.25, -0.2) is 13.2 Å². The minimum atomic E-state index is -3.56. The monoisotopic (exact) mass is 394 g/mol. The van der Waals surface area contributed by atoms with Gasteiger partial charge in [0.25, 0.3) is 0 Å². The molecule has 1 amide bonds. The second-order valence-electron chi connectivity index (χ2n) is 7.57. The van der Waals surface area contributed by atoms with E-state index in [0.717, 1.165) is 18.4 Å². The molecule has 1 aliphatic heterocycles. The molecule has 27 heavy (non-hydrogen) atoms. The predicted molar refractivity (Wildman–Crippen MR) is 99.6 cm³/mol. The number of carboxylic acids is 1. The number of aliphatic carboxylic acids is 1. The van der Waals surface area contributed by atoms with Crippen LogP contribution in [-0.2, 0) is 19.6 Å². The Morgan fingerprint density at radius 2 is 1.74 bits per heavy atom.